The molecule has 1 aromatic rings. The molecule has 0 aliphatic heterocycles. The molecule has 0 spiro atoms. The predicted octanol–water partition coefficient (Wildman–Crippen LogP) is 1.63. The minimum absolute atomic E-state index is 0.241. The summed E-state index contributed by atoms with van der Waals surface area (Å²) in [6.07, 6.45) is 0.241. The summed E-state index contributed by atoms with van der Waals surface area (Å²) >= 11 is 3.26. The van der Waals surface area contributed by atoms with Gasteiger partial charge in [-0.3, -0.25) is 4.79 Å². The Morgan fingerprint density at radius 3 is 2.93 bits per heavy atom. The van der Waals surface area contributed by atoms with Gasteiger partial charge < -0.3 is 10.5 Å². The largest absolute Gasteiger partial charge is 0.468 e. The van der Waals surface area contributed by atoms with E-state index >= 15 is 0 Å². The van der Waals surface area contributed by atoms with Gasteiger partial charge >= 0.3 is 5.97 Å². The lowest BCUT2D eigenvalue weighted by Gasteiger charge is -2.10. The Labute approximate surface area is 95.5 Å². The first-order chi connectivity index (χ1) is 7.04. The van der Waals surface area contributed by atoms with Crippen LogP contribution in [0, 0.1) is 5.82 Å². The summed E-state index contributed by atoms with van der Waals surface area (Å²) in [4.78, 5) is 11.1. The number of hydrogen-bond donors (Lipinski definition) is 1. The third kappa shape index (κ3) is 3.28. The first kappa shape index (κ1) is 12.1. The molecule has 5 heteroatoms. The Bertz CT molecular complexity index is 370. The number of carbonyl (C=O) groups is 1. The van der Waals surface area contributed by atoms with Gasteiger partial charge in [-0.2, -0.15) is 0 Å². The molecule has 0 radical (unpaired) electrons. The molecule has 15 heavy (non-hydrogen) atoms. The number of rotatable bonds is 3. The van der Waals surface area contributed by atoms with Crippen molar-refractivity contribution in [2.24, 2.45) is 5.73 Å². The fourth-order valence-corrected chi connectivity index (χ4v) is 1.58. The molecule has 1 aromatic carbocycles. The second kappa shape index (κ2) is 5.23. The van der Waals surface area contributed by atoms with Crippen LogP contribution in [0.3, 0.4) is 0 Å². The van der Waals surface area contributed by atoms with Gasteiger partial charge in [0.25, 0.3) is 0 Å². The molecule has 1 atom stereocenters. The van der Waals surface area contributed by atoms with E-state index in [9.17, 15) is 9.18 Å². The number of carbonyl (C=O) groups excluding carboxylic acids is 1. The van der Waals surface area contributed by atoms with Gasteiger partial charge in [-0.05, 0) is 30.2 Å². The van der Waals surface area contributed by atoms with Crippen LogP contribution in [0.15, 0.2) is 22.7 Å². The molecule has 82 valence electrons. The summed E-state index contributed by atoms with van der Waals surface area (Å²) in [7, 11) is 1.27. The molecule has 0 aliphatic carbocycles. The van der Waals surface area contributed by atoms with Crippen LogP contribution in [0.4, 0.5) is 4.39 Å². The van der Waals surface area contributed by atoms with Crippen molar-refractivity contribution in [2.45, 2.75) is 12.5 Å². The van der Waals surface area contributed by atoms with Crippen molar-refractivity contribution in [3.05, 3.63) is 34.1 Å². The van der Waals surface area contributed by atoms with Crippen LogP contribution in [0.2, 0.25) is 0 Å². The monoisotopic (exact) mass is 275 g/mol. The molecule has 0 heterocycles. The molecular weight excluding hydrogens is 265 g/mol. The van der Waals surface area contributed by atoms with Crippen molar-refractivity contribution in [3.63, 3.8) is 0 Å². The average molecular weight is 276 g/mol. The molecule has 2 N–H and O–H groups in total. The van der Waals surface area contributed by atoms with Crippen LogP contribution < -0.4 is 5.73 Å². The number of methoxy groups -OCH3 is 1. The molecule has 0 aromatic heterocycles. The molecule has 3 nitrogen and oxygen atoms in total. The molecular formula is C10H11BrFNO2. The van der Waals surface area contributed by atoms with Gasteiger partial charge in [-0.15, -0.1) is 0 Å². The minimum atomic E-state index is -0.770. The van der Waals surface area contributed by atoms with Gasteiger partial charge in [0.05, 0.1) is 7.11 Å². The van der Waals surface area contributed by atoms with E-state index in [0.717, 1.165) is 4.47 Å². The second-order valence-corrected chi connectivity index (χ2v) is 3.92. The lowest BCUT2D eigenvalue weighted by atomic mass is 10.1. The Balaban J connectivity index is 2.80. The van der Waals surface area contributed by atoms with Crippen LogP contribution >= 0.6 is 15.9 Å². The van der Waals surface area contributed by atoms with Crippen molar-refractivity contribution in [2.75, 3.05) is 7.11 Å². The second-order valence-electron chi connectivity index (χ2n) is 3.07. The highest BCUT2D eigenvalue weighted by Gasteiger charge is 2.15. The van der Waals surface area contributed by atoms with Crippen molar-refractivity contribution < 1.29 is 13.9 Å². The van der Waals surface area contributed by atoms with E-state index < -0.39 is 12.0 Å². The lowest BCUT2D eigenvalue weighted by Crippen LogP contribution is -2.33. The first-order valence-corrected chi connectivity index (χ1v) is 5.11. The van der Waals surface area contributed by atoms with Crippen LogP contribution in [-0.4, -0.2) is 19.1 Å². The van der Waals surface area contributed by atoms with Gasteiger partial charge in [0.1, 0.15) is 11.9 Å². The Morgan fingerprint density at radius 1 is 1.67 bits per heavy atom. The summed E-state index contributed by atoms with van der Waals surface area (Å²) < 4.78 is 18.1. The highest BCUT2D eigenvalue weighted by Crippen LogP contribution is 2.19. The van der Waals surface area contributed by atoms with Crippen LogP contribution in [0.5, 0.6) is 0 Å². The summed E-state index contributed by atoms with van der Waals surface area (Å²) in [5, 5.41) is 0. The van der Waals surface area contributed by atoms with Crippen molar-refractivity contribution in [3.8, 4) is 0 Å². The summed E-state index contributed by atoms with van der Waals surface area (Å²) in [5.74, 6) is -0.864. The van der Waals surface area contributed by atoms with Gasteiger partial charge in [0, 0.05) is 4.47 Å². The molecule has 0 fully saturated rings. The van der Waals surface area contributed by atoms with Crippen molar-refractivity contribution >= 4 is 21.9 Å². The number of nitrogens with two attached hydrogens (primary N) is 1. The topological polar surface area (TPSA) is 52.3 Å². The zero-order chi connectivity index (χ0) is 11.4. The summed E-state index contributed by atoms with van der Waals surface area (Å²) in [5.41, 5.74) is 6.21. The van der Waals surface area contributed by atoms with E-state index in [1.165, 1.54) is 19.2 Å². The van der Waals surface area contributed by atoms with Crippen molar-refractivity contribution in [1.82, 2.24) is 0 Å². The number of esters is 1. The van der Waals surface area contributed by atoms with Gasteiger partial charge in [0.2, 0.25) is 0 Å². The molecule has 1 unspecified atom stereocenters. The Hall–Kier alpha value is -0.940. The standard InChI is InChI=1S/C10H11BrFNO2/c1-15-10(14)9(13)5-6-4-7(12)2-3-8(6)11/h2-4,9H,5,13H2,1H3. The summed E-state index contributed by atoms with van der Waals surface area (Å²) in [6, 6.07) is 3.48. The van der Waals surface area contributed by atoms with E-state index in [0.29, 0.717) is 5.56 Å². The molecule has 0 saturated carbocycles. The number of ether oxygens (including phenoxy) is 1. The molecule has 0 bridgehead atoms. The smallest absolute Gasteiger partial charge is 0.322 e. The van der Waals surface area contributed by atoms with E-state index in [1.807, 2.05) is 0 Å². The molecule has 0 saturated heterocycles. The lowest BCUT2D eigenvalue weighted by molar-refractivity contribution is -0.142. The molecule has 0 amide bonds. The predicted molar refractivity (Wildman–Crippen MR) is 57.8 cm³/mol. The minimum Gasteiger partial charge on any atom is -0.468 e. The molecule has 1 rings (SSSR count). The first-order valence-electron chi connectivity index (χ1n) is 4.32. The fourth-order valence-electron chi connectivity index (χ4n) is 1.17. The average Bonchev–Trinajstić information content (AvgIpc) is 2.22. The highest BCUT2D eigenvalue weighted by atomic mass is 79.9. The third-order valence-corrected chi connectivity index (χ3v) is 2.73. The Morgan fingerprint density at radius 2 is 2.33 bits per heavy atom. The third-order valence-electron chi connectivity index (χ3n) is 1.95. The highest BCUT2D eigenvalue weighted by molar-refractivity contribution is 9.10. The zero-order valence-corrected chi connectivity index (χ0v) is 9.75. The molecule has 0 aliphatic rings. The maximum absolute atomic E-state index is 12.9. The zero-order valence-electron chi connectivity index (χ0n) is 8.17. The van der Waals surface area contributed by atoms with Crippen LogP contribution in [0.25, 0.3) is 0 Å². The van der Waals surface area contributed by atoms with Crippen LogP contribution in [0.1, 0.15) is 5.56 Å². The van der Waals surface area contributed by atoms with Crippen molar-refractivity contribution in [1.29, 1.82) is 0 Å². The number of halogens is 2. The Kier molecular flexibility index (Phi) is 4.23. The van der Waals surface area contributed by atoms with E-state index in [1.54, 1.807) is 6.07 Å². The van der Waals surface area contributed by atoms with Crippen LogP contribution in [-0.2, 0) is 16.0 Å². The number of hydrogen-bond acceptors (Lipinski definition) is 3. The van der Waals surface area contributed by atoms with Gasteiger partial charge in [-0.25, -0.2) is 4.39 Å². The van der Waals surface area contributed by atoms with Gasteiger partial charge in [0.15, 0.2) is 0 Å². The van der Waals surface area contributed by atoms with E-state index in [-0.39, 0.29) is 12.2 Å². The number of benzene rings is 1. The fraction of sp³-hybridized carbons (Fsp3) is 0.300. The summed E-state index contributed by atoms with van der Waals surface area (Å²) in [6.45, 7) is 0. The van der Waals surface area contributed by atoms with Gasteiger partial charge in [-0.1, -0.05) is 15.9 Å². The quantitative estimate of drug-likeness (QED) is 0.854. The normalized spacial score (nSPS) is 12.3. The maximum Gasteiger partial charge on any atom is 0.322 e. The SMILES string of the molecule is COC(=O)C(N)Cc1cc(F)ccc1Br. The van der Waals surface area contributed by atoms with E-state index in [2.05, 4.69) is 20.7 Å². The maximum atomic E-state index is 12.9. The van der Waals surface area contributed by atoms with E-state index in [4.69, 9.17) is 5.73 Å².